The molecule has 1 aromatic heterocycles. The van der Waals surface area contributed by atoms with Crippen LogP contribution in [-0.4, -0.2) is 23.1 Å². The predicted octanol–water partition coefficient (Wildman–Crippen LogP) is 4.56. The molecular formula is C17H14Cl2N4OS. The lowest BCUT2D eigenvalue weighted by atomic mass is 10.1. The van der Waals surface area contributed by atoms with Crippen LogP contribution in [0.3, 0.4) is 0 Å². The predicted molar refractivity (Wildman–Crippen MR) is 105 cm³/mol. The molecule has 0 aliphatic heterocycles. The van der Waals surface area contributed by atoms with Gasteiger partial charge in [-0.1, -0.05) is 64.9 Å². The van der Waals surface area contributed by atoms with Crippen molar-refractivity contribution in [2.75, 3.05) is 11.9 Å². The van der Waals surface area contributed by atoms with Gasteiger partial charge >= 0.3 is 0 Å². The second kappa shape index (κ2) is 7.82. The average molecular weight is 393 g/mol. The quantitative estimate of drug-likeness (QED) is 0.494. The molecule has 2 N–H and O–H groups in total. The van der Waals surface area contributed by atoms with Gasteiger partial charge < -0.3 is 10.7 Å². The Morgan fingerprint density at radius 2 is 1.92 bits per heavy atom. The summed E-state index contributed by atoms with van der Waals surface area (Å²) in [7, 11) is 0. The molecule has 0 radical (unpaired) electrons. The largest absolute Gasteiger partial charge is 0.300 e. The van der Waals surface area contributed by atoms with Crippen molar-refractivity contribution < 1.29 is 4.79 Å². The molecule has 3 rings (SSSR count). The highest BCUT2D eigenvalue weighted by Crippen LogP contribution is 2.32. The maximum absolute atomic E-state index is 12.0. The van der Waals surface area contributed by atoms with Gasteiger partial charge in [-0.3, -0.25) is 4.79 Å². The third kappa shape index (κ3) is 4.48. The SMILES string of the molecule is C/C(=N\NCC(=O)Nc1nc2cc(Cl)c(Cl)cc2s1)c1ccccc1. The van der Waals surface area contributed by atoms with E-state index in [1.165, 1.54) is 11.3 Å². The number of anilines is 1. The number of carbonyl (C=O) groups is 1. The molecule has 0 bridgehead atoms. The number of nitrogens with one attached hydrogen (secondary N) is 2. The summed E-state index contributed by atoms with van der Waals surface area (Å²) in [6.45, 7) is 1.92. The van der Waals surface area contributed by atoms with Crippen LogP contribution in [0.15, 0.2) is 47.6 Å². The Bertz CT molecular complexity index is 901. The van der Waals surface area contributed by atoms with Crippen LogP contribution < -0.4 is 10.7 Å². The highest BCUT2D eigenvalue weighted by atomic mass is 35.5. The summed E-state index contributed by atoms with van der Waals surface area (Å²) in [5.74, 6) is -0.235. The van der Waals surface area contributed by atoms with E-state index in [1.54, 1.807) is 12.1 Å². The molecule has 0 aliphatic rings. The number of carbonyl (C=O) groups excluding carboxylic acids is 1. The van der Waals surface area contributed by atoms with E-state index in [2.05, 4.69) is 20.8 Å². The Hall–Kier alpha value is -2.15. The van der Waals surface area contributed by atoms with Gasteiger partial charge in [0, 0.05) is 0 Å². The number of hydrogen-bond acceptors (Lipinski definition) is 5. The highest BCUT2D eigenvalue weighted by Gasteiger charge is 2.10. The maximum Gasteiger partial charge on any atom is 0.247 e. The van der Waals surface area contributed by atoms with Gasteiger partial charge in [-0.05, 0) is 24.6 Å². The Morgan fingerprint density at radius 1 is 1.20 bits per heavy atom. The molecule has 0 spiro atoms. The number of nitrogens with zero attached hydrogens (tertiary/aromatic N) is 2. The van der Waals surface area contributed by atoms with Crippen LogP contribution in [-0.2, 0) is 4.79 Å². The van der Waals surface area contributed by atoms with E-state index in [9.17, 15) is 4.79 Å². The van der Waals surface area contributed by atoms with Crippen LogP contribution in [0.25, 0.3) is 10.2 Å². The molecule has 5 nitrogen and oxygen atoms in total. The smallest absolute Gasteiger partial charge is 0.247 e. The molecule has 0 saturated heterocycles. The molecule has 25 heavy (non-hydrogen) atoms. The van der Waals surface area contributed by atoms with Crippen molar-refractivity contribution in [2.45, 2.75) is 6.92 Å². The van der Waals surface area contributed by atoms with Gasteiger partial charge in [0.15, 0.2) is 5.13 Å². The Balaban J connectivity index is 1.59. The zero-order valence-electron chi connectivity index (χ0n) is 13.2. The molecule has 0 fully saturated rings. The standard InChI is InChI=1S/C17H14Cl2N4OS/c1-10(11-5-3-2-4-6-11)23-20-9-16(24)22-17-21-14-7-12(18)13(19)8-15(14)25-17/h2-8,20H,9H2,1H3,(H,21,22,24)/b23-10+. The lowest BCUT2D eigenvalue weighted by molar-refractivity contribution is -0.115. The van der Waals surface area contributed by atoms with E-state index in [0.717, 1.165) is 16.0 Å². The minimum atomic E-state index is -0.235. The van der Waals surface area contributed by atoms with E-state index in [4.69, 9.17) is 23.2 Å². The van der Waals surface area contributed by atoms with E-state index >= 15 is 0 Å². The number of halogens is 2. The zero-order chi connectivity index (χ0) is 17.8. The van der Waals surface area contributed by atoms with Crippen molar-refractivity contribution in [3.63, 3.8) is 0 Å². The summed E-state index contributed by atoms with van der Waals surface area (Å²) >= 11 is 13.3. The second-order valence-corrected chi connectivity index (χ2v) is 7.04. The summed E-state index contributed by atoms with van der Waals surface area (Å²) in [6, 6.07) is 13.1. The van der Waals surface area contributed by atoms with Crippen molar-refractivity contribution in [3.8, 4) is 0 Å². The molecule has 3 aromatic rings. The van der Waals surface area contributed by atoms with Gasteiger partial charge in [-0.2, -0.15) is 5.10 Å². The van der Waals surface area contributed by atoms with Crippen LogP contribution in [0.5, 0.6) is 0 Å². The van der Waals surface area contributed by atoms with E-state index in [0.29, 0.717) is 20.7 Å². The number of hydrazone groups is 1. The average Bonchev–Trinajstić information content (AvgIpc) is 2.96. The molecule has 128 valence electrons. The normalized spacial score (nSPS) is 11.6. The van der Waals surface area contributed by atoms with Crippen molar-refractivity contribution in [1.82, 2.24) is 10.4 Å². The lowest BCUT2D eigenvalue weighted by Crippen LogP contribution is -2.25. The third-order valence-electron chi connectivity index (χ3n) is 3.35. The summed E-state index contributed by atoms with van der Waals surface area (Å²) in [6.07, 6.45) is 0. The monoisotopic (exact) mass is 392 g/mol. The summed E-state index contributed by atoms with van der Waals surface area (Å²) in [4.78, 5) is 16.3. The highest BCUT2D eigenvalue weighted by molar-refractivity contribution is 7.22. The fourth-order valence-electron chi connectivity index (χ4n) is 2.11. The fourth-order valence-corrected chi connectivity index (χ4v) is 3.40. The van der Waals surface area contributed by atoms with Crippen molar-refractivity contribution in [2.24, 2.45) is 5.10 Å². The van der Waals surface area contributed by atoms with Crippen molar-refractivity contribution >= 4 is 61.5 Å². The van der Waals surface area contributed by atoms with Crippen LogP contribution in [0, 0.1) is 0 Å². The molecular weight excluding hydrogens is 379 g/mol. The number of fused-ring (bicyclic) bond motifs is 1. The van der Waals surface area contributed by atoms with Crippen molar-refractivity contribution in [3.05, 3.63) is 58.1 Å². The zero-order valence-corrected chi connectivity index (χ0v) is 15.5. The van der Waals surface area contributed by atoms with E-state index in [-0.39, 0.29) is 12.5 Å². The number of thiazole rings is 1. The van der Waals surface area contributed by atoms with Crippen LogP contribution >= 0.6 is 34.5 Å². The lowest BCUT2D eigenvalue weighted by Gasteiger charge is -2.03. The first-order valence-electron chi connectivity index (χ1n) is 7.41. The maximum atomic E-state index is 12.0. The first-order valence-corrected chi connectivity index (χ1v) is 8.98. The Kier molecular flexibility index (Phi) is 5.53. The van der Waals surface area contributed by atoms with Gasteiger partial charge in [0.05, 0.1) is 26.0 Å². The molecule has 2 aromatic carbocycles. The van der Waals surface area contributed by atoms with Gasteiger partial charge in [-0.15, -0.1) is 0 Å². The molecule has 0 unspecified atom stereocenters. The van der Waals surface area contributed by atoms with Crippen molar-refractivity contribution in [1.29, 1.82) is 0 Å². The minimum absolute atomic E-state index is 0.0433. The molecule has 0 saturated carbocycles. The number of aromatic nitrogens is 1. The molecule has 0 aliphatic carbocycles. The van der Waals surface area contributed by atoms with Gasteiger partial charge in [0.25, 0.3) is 0 Å². The first-order chi connectivity index (χ1) is 12.0. The summed E-state index contributed by atoms with van der Waals surface area (Å²) in [5, 5.41) is 8.32. The first kappa shape index (κ1) is 17.7. The van der Waals surface area contributed by atoms with Gasteiger partial charge in [-0.25, -0.2) is 4.98 Å². The topological polar surface area (TPSA) is 66.4 Å². The Labute approximate surface area is 158 Å². The number of amides is 1. The van der Waals surface area contributed by atoms with Crippen LogP contribution in [0.4, 0.5) is 5.13 Å². The number of benzene rings is 2. The van der Waals surface area contributed by atoms with Crippen LogP contribution in [0.2, 0.25) is 10.0 Å². The molecule has 1 amide bonds. The number of rotatable bonds is 5. The second-order valence-electron chi connectivity index (χ2n) is 5.20. The minimum Gasteiger partial charge on any atom is -0.300 e. The molecule has 0 atom stereocenters. The van der Waals surface area contributed by atoms with Gasteiger partial charge in [0.2, 0.25) is 5.91 Å². The third-order valence-corrected chi connectivity index (χ3v) is 5.01. The fraction of sp³-hybridized carbons (Fsp3) is 0.118. The molecule has 1 heterocycles. The summed E-state index contributed by atoms with van der Waals surface area (Å²) < 4.78 is 0.857. The molecule has 8 heteroatoms. The Morgan fingerprint density at radius 3 is 2.68 bits per heavy atom. The number of hydrogen-bond donors (Lipinski definition) is 2. The summed E-state index contributed by atoms with van der Waals surface area (Å²) in [5.41, 5.74) is 5.26. The van der Waals surface area contributed by atoms with Crippen LogP contribution in [0.1, 0.15) is 12.5 Å². The van der Waals surface area contributed by atoms with E-state index in [1.807, 2.05) is 37.3 Å². The van der Waals surface area contributed by atoms with E-state index < -0.39 is 0 Å². The van der Waals surface area contributed by atoms with Gasteiger partial charge in [0.1, 0.15) is 6.54 Å².